The highest BCUT2D eigenvalue weighted by molar-refractivity contribution is 6.36. The minimum absolute atomic E-state index is 0.124. The van der Waals surface area contributed by atoms with E-state index in [4.69, 9.17) is 23.2 Å². The van der Waals surface area contributed by atoms with Gasteiger partial charge in [0.05, 0.1) is 17.3 Å². The molecule has 2 aromatic rings. The summed E-state index contributed by atoms with van der Waals surface area (Å²) in [4.78, 5) is 12.1. The fourth-order valence-corrected chi connectivity index (χ4v) is 2.84. The predicted molar refractivity (Wildman–Crippen MR) is 94.2 cm³/mol. The second kappa shape index (κ2) is 7.03. The molecular formula is C17H18Cl2N2O. The van der Waals surface area contributed by atoms with Gasteiger partial charge in [-0.05, 0) is 50.1 Å². The lowest BCUT2D eigenvalue weighted by Gasteiger charge is -2.14. The van der Waals surface area contributed by atoms with Crippen molar-refractivity contribution in [2.75, 3.05) is 17.2 Å². The molecule has 0 radical (unpaired) electrons. The van der Waals surface area contributed by atoms with Gasteiger partial charge in [-0.15, -0.1) is 0 Å². The van der Waals surface area contributed by atoms with Crippen LogP contribution in [0.15, 0.2) is 30.3 Å². The van der Waals surface area contributed by atoms with Crippen LogP contribution in [0.4, 0.5) is 11.4 Å². The first-order chi connectivity index (χ1) is 10.4. The molecule has 0 aliphatic heterocycles. The average molecular weight is 337 g/mol. The minimum atomic E-state index is -0.124. The van der Waals surface area contributed by atoms with Gasteiger partial charge in [0.15, 0.2) is 0 Å². The van der Waals surface area contributed by atoms with Gasteiger partial charge in [0.25, 0.3) is 0 Å². The first-order valence-corrected chi connectivity index (χ1v) is 7.69. The maximum atomic E-state index is 12.1. The van der Waals surface area contributed by atoms with Crippen molar-refractivity contribution in [2.24, 2.45) is 0 Å². The van der Waals surface area contributed by atoms with Crippen LogP contribution in [0.5, 0.6) is 0 Å². The van der Waals surface area contributed by atoms with Gasteiger partial charge in [-0.3, -0.25) is 4.79 Å². The molecule has 0 saturated heterocycles. The quantitative estimate of drug-likeness (QED) is 0.827. The molecule has 2 rings (SSSR count). The van der Waals surface area contributed by atoms with Crippen LogP contribution in [-0.4, -0.2) is 12.5 Å². The fraction of sp³-hybridized carbons (Fsp3) is 0.235. The Morgan fingerprint density at radius 2 is 1.68 bits per heavy atom. The lowest BCUT2D eigenvalue weighted by molar-refractivity contribution is -0.114. The van der Waals surface area contributed by atoms with E-state index in [1.807, 2.05) is 32.9 Å². The van der Waals surface area contributed by atoms with Gasteiger partial charge in [0.1, 0.15) is 0 Å². The summed E-state index contributed by atoms with van der Waals surface area (Å²) in [6.45, 7) is 6.14. The molecule has 2 N–H and O–H groups in total. The topological polar surface area (TPSA) is 41.1 Å². The standard InChI is InChI=1S/C17H18Cl2N2O/c1-10-6-11(2)17(12(3)7-10)21-16(22)9-20-15-5-4-13(18)8-14(15)19/h4-8,20H,9H2,1-3H3,(H,21,22). The number of halogens is 2. The molecule has 3 nitrogen and oxygen atoms in total. The van der Waals surface area contributed by atoms with Gasteiger partial charge in [-0.1, -0.05) is 40.9 Å². The Hall–Kier alpha value is -1.71. The number of hydrogen-bond donors (Lipinski definition) is 2. The number of amides is 1. The normalized spacial score (nSPS) is 10.4. The summed E-state index contributed by atoms with van der Waals surface area (Å²) in [5.41, 5.74) is 4.82. The summed E-state index contributed by atoms with van der Waals surface area (Å²) in [7, 11) is 0. The third-order valence-electron chi connectivity index (χ3n) is 3.31. The van der Waals surface area contributed by atoms with Crippen molar-refractivity contribution in [2.45, 2.75) is 20.8 Å². The van der Waals surface area contributed by atoms with E-state index in [-0.39, 0.29) is 12.5 Å². The SMILES string of the molecule is Cc1cc(C)c(NC(=O)CNc2ccc(Cl)cc2Cl)c(C)c1. The summed E-state index contributed by atoms with van der Waals surface area (Å²) < 4.78 is 0. The van der Waals surface area contributed by atoms with E-state index in [0.717, 1.165) is 16.8 Å². The molecule has 0 spiro atoms. The number of hydrogen-bond acceptors (Lipinski definition) is 2. The third kappa shape index (κ3) is 4.15. The largest absolute Gasteiger partial charge is 0.375 e. The first kappa shape index (κ1) is 16.7. The van der Waals surface area contributed by atoms with Gasteiger partial charge >= 0.3 is 0 Å². The van der Waals surface area contributed by atoms with E-state index in [1.54, 1.807) is 18.2 Å². The van der Waals surface area contributed by atoms with Crippen LogP contribution in [0.25, 0.3) is 0 Å². The number of carbonyl (C=O) groups excluding carboxylic acids is 1. The van der Waals surface area contributed by atoms with Gasteiger partial charge in [-0.2, -0.15) is 0 Å². The Kier molecular flexibility index (Phi) is 5.33. The smallest absolute Gasteiger partial charge is 0.243 e. The summed E-state index contributed by atoms with van der Waals surface area (Å²) in [6.07, 6.45) is 0. The van der Waals surface area contributed by atoms with Crippen molar-refractivity contribution in [3.05, 3.63) is 57.1 Å². The summed E-state index contributed by atoms with van der Waals surface area (Å²) in [5, 5.41) is 6.99. The van der Waals surface area contributed by atoms with Crippen molar-refractivity contribution in [3.63, 3.8) is 0 Å². The van der Waals surface area contributed by atoms with Crippen molar-refractivity contribution < 1.29 is 4.79 Å². The fourth-order valence-electron chi connectivity index (χ4n) is 2.37. The molecule has 0 heterocycles. The summed E-state index contributed by atoms with van der Waals surface area (Å²) in [5.74, 6) is -0.124. The summed E-state index contributed by atoms with van der Waals surface area (Å²) in [6, 6.07) is 9.21. The van der Waals surface area contributed by atoms with E-state index in [0.29, 0.717) is 15.7 Å². The molecule has 1 amide bonds. The monoisotopic (exact) mass is 336 g/mol. The molecule has 0 fully saturated rings. The van der Waals surface area contributed by atoms with Crippen molar-refractivity contribution in [1.82, 2.24) is 0 Å². The van der Waals surface area contributed by atoms with Gasteiger partial charge < -0.3 is 10.6 Å². The number of carbonyl (C=O) groups is 1. The van der Waals surface area contributed by atoms with Crippen LogP contribution < -0.4 is 10.6 Å². The Morgan fingerprint density at radius 3 is 2.27 bits per heavy atom. The maximum Gasteiger partial charge on any atom is 0.243 e. The zero-order chi connectivity index (χ0) is 16.3. The molecule has 0 unspecified atom stereocenters. The molecule has 0 atom stereocenters. The number of anilines is 2. The van der Waals surface area contributed by atoms with Crippen molar-refractivity contribution in [3.8, 4) is 0 Å². The number of benzene rings is 2. The molecule has 0 bridgehead atoms. The Bertz CT molecular complexity index is 691. The van der Waals surface area contributed by atoms with Crippen LogP contribution in [0.1, 0.15) is 16.7 Å². The van der Waals surface area contributed by atoms with Crippen LogP contribution in [-0.2, 0) is 4.79 Å². The van der Waals surface area contributed by atoms with E-state index in [2.05, 4.69) is 10.6 Å². The van der Waals surface area contributed by atoms with Crippen molar-refractivity contribution >= 4 is 40.5 Å². The van der Waals surface area contributed by atoms with E-state index < -0.39 is 0 Å². The molecule has 0 aliphatic rings. The highest BCUT2D eigenvalue weighted by Crippen LogP contribution is 2.25. The molecule has 2 aromatic carbocycles. The van der Waals surface area contributed by atoms with Gasteiger partial charge in [0, 0.05) is 10.7 Å². The molecule has 0 aliphatic carbocycles. The molecule has 0 saturated carbocycles. The third-order valence-corrected chi connectivity index (χ3v) is 3.86. The van der Waals surface area contributed by atoms with Gasteiger partial charge in [-0.25, -0.2) is 0 Å². The first-order valence-electron chi connectivity index (χ1n) is 6.93. The highest BCUT2D eigenvalue weighted by atomic mass is 35.5. The number of nitrogens with one attached hydrogen (secondary N) is 2. The van der Waals surface area contributed by atoms with E-state index in [1.165, 1.54) is 5.56 Å². The average Bonchev–Trinajstić information content (AvgIpc) is 2.42. The van der Waals surface area contributed by atoms with Crippen molar-refractivity contribution in [1.29, 1.82) is 0 Å². The predicted octanol–water partition coefficient (Wildman–Crippen LogP) is 4.97. The number of rotatable bonds is 4. The van der Waals surface area contributed by atoms with Crippen LogP contribution in [0.3, 0.4) is 0 Å². The maximum absolute atomic E-state index is 12.1. The second-order valence-electron chi connectivity index (χ2n) is 5.30. The summed E-state index contributed by atoms with van der Waals surface area (Å²) >= 11 is 11.9. The molecule has 5 heteroatoms. The molecule has 0 aromatic heterocycles. The minimum Gasteiger partial charge on any atom is -0.375 e. The van der Waals surface area contributed by atoms with Crippen LogP contribution in [0, 0.1) is 20.8 Å². The Morgan fingerprint density at radius 1 is 1.05 bits per heavy atom. The van der Waals surface area contributed by atoms with E-state index >= 15 is 0 Å². The zero-order valence-electron chi connectivity index (χ0n) is 12.8. The van der Waals surface area contributed by atoms with E-state index in [9.17, 15) is 4.79 Å². The Labute approximate surface area is 140 Å². The molecule has 22 heavy (non-hydrogen) atoms. The molecule has 116 valence electrons. The van der Waals surface area contributed by atoms with Gasteiger partial charge in [0.2, 0.25) is 5.91 Å². The second-order valence-corrected chi connectivity index (χ2v) is 6.14. The number of aryl methyl sites for hydroxylation is 3. The zero-order valence-corrected chi connectivity index (χ0v) is 14.3. The van der Waals surface area contributed by atoms with Crippen LogP contribution in [0.2, 0.25) is 10.0 Å². The molecular weight excluding hydrogens is 319 g/mol. The lowest BCUT2D eigenvalue weighted by Crippen LogP contribution is -2.22. The highest BCUT2D eigenvalue weighted by Gasteiger charge is 2.09. The Balaban J connectivity index is 2.02. The van der Waals surface area contributed by atoms with Crippen LogP contribution >= 0.6 is 23.2 Å². The lowest BCUT2D eigenvalue weighted by atomic mass is 10.1.